The van der Waals surface area contributed by atoms with Crippen LogP contribution in [-0.2, 0) is 4.74 Å². The minimum Gasteiger partial charge on any atom is -0.381 e. The Bertz CT molecular complexity index is 733. The molecular weight excluding hydrogens is 390 g/mol. The Kier molecular flexibility index (Phi) is 7.59. The van der Waals surface area contributed by atoms with E-state index in [9.17, 15) is 0 Å². The Morgan fingerprint density at radius 2 is 1.85 bits per heavy atom. The Labute approximate surface area is 166 Å². The minimum atomic E-state index is 0.237. The van der Waals surface area contributed by atoms with Crippen molar-refractivity contribution in [1.82, 2.24) is 9.97 Å². The van der Waals surface area contributed by atoms with Crippen LogP contribution in [0.1, 0.15) is 63.4 Å². The van der Waals surface area contributed by atoms with E-state index in [0.717, 1.165) is 40.6 Å². The first-order valence-electron chi connectivity index (χ1n) is 9.37. The first-order chi connectivity index (χ1) is 12.4. The topological polar surface area (TPSA) is 38.2 Å². The van der Waals surface area contributed by atoms with Gasteiger partial charge < -0.3 is 9.64 Å². The average Bonchev–Trinajstić information content (AvgIpc) is 2.61. The van der Waals surface area contributed by atoms with E-state index in [1.54, 1.807) is 0 Å². The van der Waals surface area contributed by atoms with Gasteiger partial charge in [-0.2, -0.15) is 0 Å². The molecule has 2 rings (SSSR count). The first-order valence-corrected chi connectivity index (χ1v) is 10.2. The molecule has 0 amide bonds. The van der Waals surface area contributed by atoms with Crippen LogP contribution in [0.15, 0.2) is 28.7 Å². The maximum Gasteiger partial charge on any atom is 0.230 e. The number of anilines is 2. The van der Waals surface area contributed by atoms with E-state index in [2.05, 4.69) is 72.8 Å². The second-order valence-corrected chi connectivity index (χ2v) is 7.76. The van der Waals surface area contributed by atoms with Gasteiger partial charge >= 0.3 is 0 Å². The van der Waals surface area contributed by atoms with Crippen molar-refractivity contribution in [2.24, 2.45) is 0 Å². The summed E-state index contributed by atoms with van der Waals surface area (Å²) in [7, 11) is 0. The Balaban J connectivity index is 2.39. The lowest BCUT2D eigenvalue weighted by Gasteiger charge is -2.24. The minimum absolute atomic E-state index is 0.237. The van der Waals surface area contributed by atoms with Crippen molar-refractivity contribution in [3.05, 3.63) is 45.7 Å². The van der Waals surface area contributed by atoms with Gasteiger partial charge in [0.2, 0.25) is 5.95 Å². The van der Waals surface area contributed by atoms with Crippen molar-refractivity contribution in [3.63, 3.8) is 0 Å². The molecule has 1 aromatic heterocycles. The number of aryl methyl sites for hydroxylation is 1. The highest BCUT2D eigenvalue weighted by Gasteiger charge is 2.17. The summed E-state index contributed by atoms with van der Waals surface area (Å²) in [5, 5.41) is 0. The lowest BCUT2D eigenvalue weighted by Crippen LogP contribution is -2.21. The molecule has 0 saturated heterocycles. The molecule has 5 heteroatoms. The zero-order valence-corrected chi connectivity index (χ0v) is 18.3. The second kappa shape index (κ2) is 9.47. The fourth-order valence-electron chi connectivity index (χ4n) is 2.85. The predicted octanol–water partition coefficient (Wildman–Crippen LogP) is 5.97. The van der Waals surface area contributed by atoms with E-state index >= 15 is 0 Å². The van der Waals surface area contributed by atoms with Crippen LogP contribution in [0.5, 0.6) is 0 Å². The molecule has 1 heterocycles. The summed E-state index contributed by atoms with van der Waals surface area (Å²) < 4.78 is 6.64. The molecule has 0 saturated carbocycles. The molecule has 2 aromatic rings. The van der Waals surface area contributed by atoms with E-state index in [-0.39, 0.29) is 5.92 Å². The van der Waals surface area contributed by atoms with E-state index in [1.807, 2.05) is 13.8 Å². The van der Waals surface area contributed by atoms with Crippen molar-refractivity contribution < 1.29 is 4.74 Å². The molecule has 0 fully saturated rings. The van der Waals surface area contributed by atoms with Crippen LogP contribution in [0.4, 0.5) is 11.6 Å². The molecule has 0 bridgehead atoms. The Hall–Kier alpha value is -1.46. The molecule has 142 valence electrons. The molecule has 0 aliphatic heterocycles. The van der Waals surface area contributed by atoms with Crippen LogP contribution in [0.2, 0.25) is 0 Å². The highest BCUT2D eigenvalue weighted by Crippen LogP contribution is 2.33. The fraction of sp³-hybridized carbons (Fsp3) is 0.524. The number of hydrogen-bond donors (Lipinski definition) is 0. The number of rotatable bonds is 8. The Morgan fingerprint density at radius 1 is 1.12 bits per heavy atom. The monoisotopic (exact) mass is 419 g/mol. The van der Waals surface area contributed by atoms with Crippen LogP contribution in [0.25, 0.3) is 0 Å². The highest BCUT2D eigenvalue weighted by molar-refractivity contribution is 9.10. The molecular formula is C21H30BrN3O. The predicted molar refractivity (Wildman–Crippen MR) is 113 cm³/mol. The summed E-state index contributed by atoms with van der Waals surface area (Å²) in [5.41, 5.74) is 4.40. The van der Waals surface area contributed by atoms with Gasteiger partial charge in [-0.1, -0.05) is 26.8 Å². The summed E-state index contributed by atoms with van der Waals surface area (Å²) in [4.78, 5) is 11.7. The van der Waals surface area contributed by atoms with Gasteiger partial charge in [0.25, 0.3) is 0 Å². The zero-order chi connectivity index (χ0) is 19.3. The molecule has 26 heavy (non-hydrogen) atoms. The number of ether oxygens (including phenoxy) is 1. The molecule has 0 radical (unpaired) electrons. The third-order valence-electron chi connectivity index (χ3n) is 4.43. The van der Waals surface area contributed by atoms with Crippen molar-refractivity contribution in [1.29, 1.82) is 0 Å². The van der Waals surface area contributed by atoms with Crippen molar-refractivity contribution in [3.8, 4) is 0 Å². The SMILES string of the molecule is CCOCC(C)c1cc(C)nc(N(CC)c2ccc(C(C)C)cc2Br)n1. The highest BCUT2D eigenvalue weighted by atomic mass is 79.9. The van der Waals surface area contributed by atoms with Gasteiger partial charge in [-0.15, -0.1) is 0 Å². The van der Waals surface area contributed by atoms with Crippen molar-refractivity contribution in [2.45, 2.75) is 53.4 Å². The van der Waals surface area contributed by atoms with Gasteiger partial charge in [0.05, 0.1) is 18.0 Å². The maximum absolute atomic E-state index is 5.57. The molecule has 0 N–H and O–H groups in total. The zero-order valence-electron chi connectivity index (χ0n) is 16.7. The van der Waals surface area contributed by atoms with E-state index in [1.165, 1.54) is 5.56 Å². The summed E-state index contributed by atoms with van der Waals surface area (Å²) >= 11 is 3.74. The number of benzene rings is 1. The molecule has 1 unspecified atom stereocenters. The molecule has 1 atom stereocenters. The third kappa shape index (κ3) is 5.04. The Morgan fingerprint density at radius 3 is 2.42 bits per heavy atom. The van der Waals surface area contributed by atoms with Crippen LogP contribution < -0.4 is 4.90 Å². The number of halogens is 1. The lowest BCUT2D eigenvalue weighted by atomic mass is 10.0. The van der Waals surface area contributed by atoms with Crippen LogP contribution >= 0.6 is 15.9 Å². The van der Waals surface area contributed by atoms with Gasteiger partial charge in [-0.3, -0.25) is 0 Å². The van der Waals surface area contributed by atoms with Gasteiger partial charge in [0, 0.05) is 29.2 Å². The first kappa shape index (κ1) is 20.8. The molecule has 0 aliphatic carbocycles. The molecule has 4 nitrogen and oxygen atoms in total. The lowest BCUT2D eigenvalue weighted by molar-refractivity contribution is 0.135. The van der Waals surface area contributed by atoms with Crippen molar-refractivity contribution in [2.75, 3.05) is 24.7 Å². The van der Waals surface area contributed by atoms with Gasteiger partial charge in [0.1, 0.15) is 0 Å². The largest absolute Gasteiger partial charge is 0.381 e. The van der Waals surface area contributed by atoms with E-state index < -0.39 is 0 Å². The van der Waals surface area contributed by atoms with Crippen molar-refractivity contribution >= 4 is 27.6 Å². The normalized spacial score (nSPS) is 12.5. The van der Waals surface area contributed by atoms with Crippen LogP contribution in [-0.4, -0.2) is 29.7 Å². The second-order valence-electron chi connectivity index (χ2n) is 6.90. The fourth-order valence-corrected chi connectivity index (χ4v) is 3.46. The number of aromatic nitrogens is 2. The number of nitrogens with zero attached hydrogens (tertiary/aromatic N) is 3. The summed E-state index contributed by atoms with van der Waals surface area (Å²) in [6, 6.07) is 8.58. The third-order valence-corrected chi connectivity index (χ3v) is 5.06. The summed E-state index contributed by atoms with van der Waals surface area (Å²) in [6.45, 7) is 14.9. The standard InChI is InChI=1S/C21H30BrN3O/c1-7-25(20-10-9-17(14(3)4)12-18(20)22)21-23-16(6)11-19(24-21)15(5)13-26-8-2/h9-12,14-15H,7-8,13H2,1-6H3. The smallest absolute Gasteiger partial charge is 0.230 e. The molecule has 0 aliphatic rings. The quantitative estimate of drug-likeness (QED) is 0.528. The number of hydrogen-bond acceptors (Lipinski definition) is 4. The average molecular weight is 420 g/mol. The maximum atomic E-state index is 5.57. The van der Waals surface area contributed by atoms with Crippen LogP contribution in [0, 0.1) is 6.92 Å². The summed E-state index contributed by atoms with van der Waals surface area (Å²) in [6.07, 6.45) is 0. The van der Waals surface area contributed by atoms with Gasteiger partial charge in [0.15, 0.2) is 0 Å². The van der Waals surface area contributed by atoms with E-state index in [0.29, 0.717) is 12.5 Å². The van der Waals surface area contributed by atoms with E-state index in [4.69, 9.17) is 14.7 Å². The van der Waals surface area contributed by atoms with Gasteiger partial charge in [-0.25, -0.2) is 9.97 Å². The summed E-state index contributed by atoms with van der Waals surface area (Å²) in [5.74, 6) is 1.47. The van der Waals surface area contributed by atoms with Gasteiger partial charge in [-0.05, 0) is 66.4 Å². The molecule has 1 aromatic carbocycles. The van der Waals surface area contributed by atoms with Crippen LogP contribution in [0.3, 0.4) is 0 Å². The molecule has 0 spiro atoms.